The van der Waals surface area contributed by atoms with Gasteiger partial charge in [0, 0.05) is 47.0 Å². The highest BCUT2D eigenvalue weighted by Crippen LogP contribution is 2.48. The van der Waals surface area contributed by atoms with Crippen molar-refractivity contribution in [3.05, 3.63) is 419 Å². The number of aliphatic hydroxyl groups is 5. The zero-order chi connectivity index (χ0) is 84.0. The van der Waals surface area contributed by atoms with Crippen LogP contribution in [0.1, 0.15) is 202 Å². The van der Waals surface area contributed by atoms with Crippen LogP contribution in [-0.4, -0.2) is 75.7 Å². The van der Waals surface area contributed by atoms with Crippen molar-refractivity contribution in [2.75, 3.05) is 10.6 Å². The number of benzene rings is 12. The SMILES string of the molecule is C.C.C.C.C.C.C.C.CC(C)c1c(C(=O)Nc2ccccc2)c(-c2ccccc2)c(-c2ccc(F)cc2)n1CC[C@@H](O)CC(=O)O.CC(C)c1c(C(=O)Nc2ccccc2)c(-c2ccccc2)c(-c2ccc(F)cc2)n1CC[C@@H](O)CC(=O)O[C@@H](c1ccccc1)C(O)(c1ccccc1)c1ccccc1.O[C@H](c1ccccc1)C(O)(c1ccccc1)c1ccccc1. The van der Waals surface area contributed by atoms with E-state index in [-0.39, 0.29) is 128 Å². The average molecular weight is 1720 g/mol. The largest absolute Gasteiger partial charge is 0.481 e. The molecule has 127 heavy (non-hydrogen) atoms. The third-order valence-corrected chi connectivity index (χ3v) is 20.9. The number of carboxylic acids is 1. The van der Waals surface area contributed by atoms with Gasteiger partial charge in [-0.2, -0.15) is 0 Å². The number of aromatic nitrogens is 2. The van der Waals surface area contributed by atoms with Gasteiger partial charge in [0.15, 0.2) is 11.7 Å². The van der Waals surface area contributed by atoms with E-state index in [0.29, 0.717) is 89.5 Å². The van der Waals surface area contributed by atoms with Gasteiger partial charge in [-0.25, -0.2) is 8.78 Å². The van der Waals surface area contributed by atoms with Crippen LogP contribution in [-0.2, 0) is 38.6 Å². The van der Waals surface area contributed by atoms with Crippen LogP contribution >= 0.6 is 0 Å². The van der Waals surface area contributed by atoms with Crippen LogP contribution in [0.5, 0.6) is 0 Å². The maximum atomic E-state index is 14.5. The molecule has 0 bridgehead atoms. The molecule has 12 aromatic carbocycles. The van der Waals surface area contributed by atoms with Crippen molar-refractivity contribution in [1.29, 1.82) is 0 Å². The molecule has 0 unspecified atom stereocenters. The smallest absolute Gasteiger partial charge is 0.309 e. The number of aliphatic hydroxyl groups excluding tert-OH is 3. The third kappa shape index (κ3) is 25.5. The molecule has 4 atom stereocenters. The fourth-order valence-electron chi connectivity index (χ4n) is 15.4. The number of hydrogen-bond acceptors (Lipinski definition) is 10. The molecule has 668 valence electrons. The Kier molecular flexibility index (Phi) is 41.8. The number of ether oxygens (including phenoxy) is 1. The Morgan fingerprint density at radius 3 is 0.937 bits per heavy atom. The average Bonchev–Trinajstić information content (AvgIpc) is 1.67. The Morgan fingerprint density at radius 2 is 0.630 bits per heavy atom. The van der Waals surface area contributed by atoms with Crippen molar-refractivity contribution in [2.45, 2.75) is 173 Å². The molecule has 8 N–H and O–H groups in total. The Bertz CT molecular complexity index is 5520. The lowest BCUT2D eigenvalue weighted by Gasteiger charge is -2.37. The number of amides is 2. The Balaban J connectivity index is 0.000000428. The van der Waals surface area contributed by atoms with Crippen molar-refractivity contribution in [1.82, 2.24) is 9.13 Å². The molecule has 14 aromatic rings. The molecule has 0 fully saturated rings. The van der Waals surface area contributed by atoms with Crippen molar-refractivity contribution in [3.8, 4) is 44.8 Å². The van der Waals surface area contributed by atoms with Crippen molar-refractivity contribution in [2.24, 2.45) is 0 Å². The van der Waals surface area contributed by atoms with E-state index in [1.54, 1.807) is 60.7 Å². The first-order valence-electron chi connectivity index (χ1n) is 39.7. The monoisotopic (exact) mass is 1720 g/mol. The van der Waals surface area contributed by atoms with E-state index in [9.17, 15) is 53.5 Å². The summed E-state index contributed by atoms with van der Waals surface area (Å²) >= 11 is 0. The van der Waals surface area contributed by atoms with Gasteiger partial charge in [0.2, 0.25) is 0 Å². The van der Waals surface area contributed by atoms with E-state index in [4.69, 9.17) is 9.84 Å². The third-order valence-electron chi connectivity index (χ3n) is 20.9. The number of halogens is 2. The molecular formula is C110H128F2N4O11. The Morgan fingerprint density at radius 1 is 0.354 bits per heavy atom. The molecular weight excluding hydrogens is 1590 g/mol. The number of esters is 1. The van der Waals surface area contributed by atoms with E-state index in [2.05, 4.69) is 10.6 Å². The van der Waals surface area contributed by atoms with Crippen molar-refractivity contribution in [3.63, 3.8) is 0 Å². The summed E-state index contributed by atoms with van der Waals surface area (Å²) in [5.74, 6) is -3.40. The number of rotatable bonds is 29. The second-order valence-electron chi connectivity index (χ2n) is 29.7. The highest BCUT2D eigenvalue weighted by molar-refractivity contribution is 6.13. The summed E-state index contributed by atoms with van der Waals surface area (Å²) in [6, 6.07) is 105. The number of nitrogens with zero attached hydrogens (tertiary/aromatic N) is 2. The number of anilines is 2. The summed E-state index contributed by atoms with van der Waals surface area (Å²) in [5, 5.41) is 72.3. The number of aliphatic carboxylic acids is 1. The summed E-state index contributed by atoms with van der Waals surface area (Å²) in [6.07, 6.45) is -4.89. The predicted molar refractivity (Wildman–Crippen MR) is 518 cm³/mol. The van der Waals surface area contributed by atoms with E-state index in [1.165, 1.54) is 24.3 Å². The molecule has 0 spiro atoms. The lowest BCUT2D eigenvalue weighted by atomic mass is 9.79. The van der Waals surface area contributed by atoms with Gasteiger partial charge in [-0.05, 0) is 153 Å². The minimum Gasteiger partial charge on any atom is -0.481 e. The van der Waals surface area contributed by atoms with E-state index in [0.717, 1.165) is 22.5 Å². The first-order valence-corrected chi connectivity index (χ1v) is 39.7. The lowest BCUT2D eigenvalue weighted by Crippen LogP contribution is -2.38. The number of carbonyl (C=O) groups is 4. The van der Waals surface area contributed by atoms with Gasteiger partial charge < -0.3 is 55.1 Å². The number of carbonyl (C=O) groups excluding carboxylic acids is 3. The molecule has 0 aliphatic rings. The zero-order valence-corrected chi connectivity index (χ0v) is 66.6. The summed E-state index contributed by atoms with van der Waals surface area (Å²) in [6.45, 7) is 8.48. The second kappa shape index (κ2) is 50.0. The maximum absolute atomic E-state index is 14.5. The molecule has 15 nitrogen and oxygen atoms in total. The minimum absolute atomic E-state index is 0. The van der Waals surface area contributed by atoms with E-state index < -0.39 is 53.4 Å². The molecule has 17 heteroatoms. The fraction of sp³-hybridized carbons (Fsp3) is 0.236. The Labute approximate surface area is 751 Å². The van der Waals surface area contributed by atoms with Crippen LogP contribution < -0.4 is 10.6 Å². The van der Waals surface area contributed by atoms with Crippen LogP contribution in [0.2, 0.25) is 0 Å². The molecule has 0 aliphatic carbocycles. The van der Waals surface area contributed by atoms with Crippen LogP contribution in [0, 0.1) is 11.6 Å². The fourth-order valence-corrected chi connectivity index (χ4v) is 15.4. The Hall–Kier alpha value is -13.3. The quantitative estimate of drug-likeness (QED) is 0.0205. The molecule has 2 amide bonds. The highest BCUT2D eigenvalue weighted by atomic mass is 19.1. The van der Waals surface area contributed by atoms with Gasteiger partial charge in [0.25, 0.3) is 11.8 Å². The highest BCUT2D eigenvalue weighted by Gasteiger charge is 2.45. The van der Waals surface area contributed by atoms with Crippen LogP contribution in [0.3, 0.4) is 0 Å². The van der Waals surface area contributed by atoms with Gasteiger partial charge in [0.05, 0.1) is 47.6 Å². The van der Waals surface area contributed by atoms with Crippen molar-refractivity contribution < 1.29 is 63.3 Å². The standard InChI is InChI=1S/C51H47FN2O5.C31H31FN2O4.C20H18O2.8CH4/c1-35(2)47-46(50(57)53-42-26-16-7-17-27-42)45(36-18-8-3-9-19-36)48(37-28-30-41(52)31-29-37)54(47)33-32-43(55)34-44(56)59-49(38-20-10-4-11-21-38)51(58,39-22-12-5-13-23-39)40-24-14-6-15-25-40;1-20(2)29-28(31(38)33-24-11-7-4-8-12-24)27(21-9-5-3-6-10-21)30(22-13-15-23(32)16-14-22)34(29)18-17-25(35)19-26(36)37;21-19(16-10-4-1-5-11-16)20(22,17-12-6-2-7-13-17)18-14-8-3-9-15-18;;;;;;;;/h3-31,35,43,49,55,58H,32-34H2,1-2H3,(H,53,57);3-16,20,25,35H,17-19H2,1-2H3,(H,33,38)(H,36,37);1-15,19,21-22H;8*1H4/t43-,49+;25-;19-;;;;;;;;/m111......../s1. The molecule has 0 aliphatic heterocycles. The maximum Gasteiger partial charge on any atom is 0.309 e. The molecule has 0 saturated carbocycles. The van der Waals surface area contributed by atoms with Crippen LogP contribution in [0.25, 0.3) is 44.8 Å². The van der Waals surface area contributed by atoms with Crippen molar-refractivity contribution >= 4 is 35.1 Å². The molecule has 0 radical (unpaired) electrons. The zero-order valence-electron chi connectivity index (χ0n) is 66.6. The minimum atomic E-state index is -1.77. The summed E-state index contributed by atoms with van der Waals surface area (Å²) in [7, 11) is 0. The first-order chi connectivity index (χ1) is 57.6. The number of carboxylic acid groups (broad SMARTS) is 1. The summed E-state index contributed by atoms with van der Waals surface area (Å²) in [4.78, 5) is 53.6. The molecule has 2 heterocycles. The van der Waals surface area contributed by atoms with E-state index in [1.807, 2.05) is 304 Å². The number of para-hydroxylation sites is 2. The van der Waals surface area contributed by atoms with Gasteiger partial charge in [0.1, 0.15) is 23.3 Å². The second-order valence-corrected chi connectivity index (χ2v) is 29.7. The summed E-state index contributed by atoms with van der Waals surface area (Å²) in [5.41, 5.74) is 9.90. The van der Waals surface area contributed by atoms with E-state index >= 15 is 0 Å². The van der Waals surface area contributed by atoms with Crippen LogP contribution in [0.15, 0.2) is 352 Å². The lowest BCUT2D eigenvalue weighted by molar-refractivity contribution is -0.165. The number of nitrogens with one attached hydrogen (secondary N) is 2. The molecule has 14 rings (SSSR count). The normalized spacial score (nSPS) is 11.6. The van der Waals surface area contributed by atoms with Gasteiger partial charge in [-0.3, -0.25) is 19.2 Å². The number of hydrogen-bond donors (Lipinski definition) is 8. The molecule has 0 saturated heterocycles. The topological polar surface area (TPSA) is 233 Å². The van der Waals surface area contributed by atoms with Gasteiger partial charge in [-0.1, -0.05) is 366 Å². The first kappa shape index (κ1) is 106. The molecule has 2 aromatic heterocycles. The summed E-state index contributed by atoms with van der Waals surface area (Å²) < 4.78 is 38.5. The predicted octanol–water partition coefficient (Wildman–Crippen LogP) is 26.0. The van der Waals surface area contributed by atoms with Gasteiger partial charge >= 0.3 is 11.9 Å². The van der Waals surface area contributed by atoms with Crippen LogP contribution in [0.4, 0.5) is 20.2 Å². The van der Waals surface area contributed by atoms with Gasteiger partial charge in [-0.15, -0.1) is 0 Å².